The summed E-state index contributed by atoms with van der Waals surface area (Å²) in [6.45, 7) is 4.96. The Balaban J connectivity index is 2.68. The summed E-state index contributed by atoms with van der Waals surface area (Å²) in [5.74, 6) is 0. The monoisotopic (exact) mass is 273 g/mol. The molecule has 0 N–H and O–H groups in total. The third kappa shape index (κ3) is 2.77. The van der Waals surface area contributed by atoms with Crippen LogP contribution in [-0.2, 0) is 12.5 Å². The molecule has 2 aromatic rings. The van der Waals surface area contributed by atoms with Crippen LogP contribution in [0.3, 0.4) is 0 Å². The van der Waals surface area contributed by atoms with E-state index >= 15 is 0 Å². The molecule has 0 saturated carbocycles. The van der Waals surface area contributed by atoms with Crippen LogP contribution in [0.1, 0.15) is 49.9 Å². The summed E-state index contributed by atoms with van der Waals surface area (Å²) in [5.41, 5.74) is 4.60. The first-order valence-electron chi connectivity index (χ1n) is 9.48. The summed E-state index contributed by atoms with van der Waals surface area (Å²) in [5, 5.41) is 0. The standard InChI is InChI=1S/C19H26N/c1-13-8-9-16(14(2)10-13)18-11-17(19(4,5)6)15(3)12-20(18)7/h8-12H,1-7H3/q+1/i1D3,3D2. The van der Waals surface area contributed by atoms with Crippen LogP contribution in [0.25, 0.3) is 11.3 Å². The van der Waals surface area contributed by atoms with E-state index in [0.717, 1.165) is 22.4 Å². The van der Waals surface area contributed by atoms with Crippen LogP contribution >= 0.6 is 0 Å². The maximum Gasteiger partial charge on any atom is 0.212 e. The lowest BCUT2D eigenvalue weighted by Gasteiger charge is -2.21. The van der Waals surface area contributed by atoms with E-state index in [1.165, 1.54) is 0 Å². The number of hydrogen-bond acceptors (Lipinski definition) is 0. The lowest BCUT2D eigenvalue weighted by Crippen LogP contribution is -2.33. The summed E-state index contributed by atoms with van der Waals surface area (Å²) in [7, 11) is 1.89. The van der Waals surface area contributed by atoms with Crippen molar-refractivity contribution in [1.82, 2.24) is 0 Å². The van der Waals surface area contributed by atoms with Gasteiger partial charge in [0.25, 0.3) is 0 Å². The second-order valence-corrected chi connectivity index (χ2v) is 6.42. The van der Waals surface area contributed by atoms with Gasteiger partial charge in [0.15, 0.2) is 6.20 Å². The highest BCUT2D eigenvalue weighted by Crippen LogP contribution is 2.29. The van der Waals surface area contributed by atoms with E-state index in [9.17, 15) is 0 Å². The zero-order chi connectivity index (χ0) is 19.2. The average molecular weight is 273 g/mol. The van der Waals surface area contributed by atoms with Gasteiger partial charge in [0.2, 0.25) is 5.69 Å². The first kappa shape index (κ1) is 9.33. The fourth-order valence-electron chi connectivity index (χ4n) is 2.54. The molecule has 0 unspecified atom stereocenters. The zero-order valence-corrected chi connectivity index (χ0v) is 12.9. The number of nitrogens with zero attached hydrogens (tertiary/aromatic N) is 1. The molecule has 0 aliphatic rings. The van der Waals surface area contributed by atoms with Crippen molar-refractivity contribution in [2.45, 2.75) is 46.8 Å². The Kier molecular flexibility index (Phi) is 2.35. The molecule has 1 nitrogen and oxygen atoms in total. The minimum Gasteiger partial charge on any atom is -0.201 e. The SMILES string of the molecule is [2H]C([2H])c1c[n+](C)c(-c2ccc(C([2H])([2H])[2H])cc2C)cc1C(C)(C)C. The predicted octanol–water partition coefficient (Wildman–Crippen LogP) is 4.40. The highest BCUT2D eigenvalue weighted by Gasteiger charge is 2.22. The second-order valence-electron chi connectivity index (χ2n) is 6.42. The molecular formula is C19H26N+. The smallest absolute Gasteiger partial charge is 0.201 e. The average Bonchev–Trinajstić information content (AvgIpc) is 2.45. The van der Waals surface area contributed by atoms with Crippen LogP contribution < -0.4 is 4.57 Å². The van der Waals surface area contributed by atoms with Crippen LogP contribution in [0.2, 0.25) is 0 Å². The van der Waals surface area contributed by atoms with Crippen molar-refractivity contribution in [2.24, 2.45) is 7.05 Å². The third-order valence-electron chi connectivity index (χ3n) is 3.62. The Morgan fingerprint density at radius 3 is 2.40 bits per heavy atom. The lowest BCUT2D eigenvalue weighted by molar-refractivity contribution is -0.660. The summed E-state index contributed by atoms with van der Waals surface area (Å²) in [4.78, 5) is 0. The van der Waals surface area contributed by atoms with Crippen LogP contribution in [0.4, 0.5) is 0 Å². The molecule has 0 atom stereocenters. The molecule has 2 rings (SSSR count). The Morgan fingerprint density at radius 1 is 1.10 bits per heavy atom. The van der Waals surface area contributed by atoms with E-state index in [1.54, 1.807) is 12.1 Å². The van der Waals surface area contributed by atoms with Crippen molar-refractivity contribution >= 4 is 0 Å². The van der Waals surface area contributed by atoms with Gasteiger partial charge in [0, 0.05) is 24.0 Å². The Labute approximate surface area is 130 Å². The van der Waals surface area contributed by atoms with E-state index < -0.39 is 13.7 Å². The summed E-state index contributed by atoms with van der Waals surface area (Å²) < 4.78 is 40.3. The second kappa shape index (κ2) is 5.05. The molecule has 0 radical (unpaired) electrons. The predicted molar refractivity (Wildman–Crippen MR) is 86.0 cm³/mol. The number of rotatable bonds is 1. The molecule has 106 valence electrons. The molecule has 0 aliphatic heterocycles. The molecular weight excluding hydrogens is 242 g/mol. The number of pyridine rings is 1. The molecule has 1 heterocycles. The van der Waals surface area contributed by atoms with Crippen LogP contribution in [0.15, 0.2) is 30.5 Å². The summed E-state index contributed by atoms with van der Waals surface area (Å²) in [6.07, 6.45) is 1.84. The number of aryl methyl sites for hydroxylation is 4. The van der Waals surface area contributed by atoms with Gasteiger partial charge in [-0.15, -0.1) is 0 Å². The minimum atomic E-state index is -2.12. The zero-order valence-electron chi connectivity index (χ0n) is 17.9. The van der Waals surface area contributed by atoms with E-state index in [2.05, 4.69) is 20.8 Å². The normalized spacial score (nSPS) is 16.2. The Bertz CT molecular complexity index is 786. The first-order valence-corrected chi connectivity index (χ1v) is 6.82. The molecule has 1 aromatic heterocycles. The fourth-order valence-corrected chi connectivity index (χ4v) is 2.54. The van der Waals surface area contributed by atoms with Crippen molar-refractivity contribution in [1.29, 1.82) is 0 Å². The van der Waals surface area contributed by atoms with E-state index in [4.69, 9.17) is 6.85 Å². The molecule has 0 spiro atoms. The van der Waals surface area contributed by atoms with E-state index in [-0.39, 0.29) is 5.41 Å². The molecule has 0 amide bonds. The van der Waals surface area contributed by atoms with Crippen molar-refractivity contribution in [3.05, 3.63) is 52.7 Å². The van der Waals surface area contributed by atoms with Gasteiger partial charge in [-0.25, -0.2) is 4.57 Å². The van der Waals surface area contributed by atoms with Crippen LogP contribution in [0.5, 0.6) is 0 Å². The Morgan fingerprint density at radius 2 is 1.85 bits per heavy atom. The van der Waals surface area contributed by atoms with Gasteiger partial charge in [0.1, 0.15) is 7.05 Å². The molecule has 1 heteroatoms. The highest BCUT2D eigenvalue weighted by atomic mass is 14.9. The van der Waals surface area contributed by atoms with Gasteiger partial charge in [-0.2, -0.15) is 0 Å². The van der Waals surface area contributed by atoms with Crippen LogP contribution in [-0.4, -0.2) is 0 Å². The lowest BCUT2D eigenvalue weighted by atomic mass is 9.83. The molecule has 0 fully saturated rings. The van der Waals surface area contributed by atoms with Crippen molar-refractivity contribution in [2.75, 3.05) is 0 Å². The summed E-state index contributed by atoms with van der Waals surface area (Å²) in [6, 6.07) is 7.24. The topological polar surface area (TPSA) is 3.88 Å². The first-order chi connectivity index (χ1) is 11.3. The van der Waals surface area contributed by atoms with Gasteiger partial charge in [-0.05, 0) is 43.3 Å². The van der Waals surface area contributed by atoms with Crippen molar-refractivity contribution < 1.29 is 11.4 Å². The van der Waals surface area contributed by atoms with Gasteiger partial charge in [-0.3, -0.25) is 0 Å². The van der Waals surface area contributed by atoms with Gasteiger partial charge >= 0.3 is 0 Å². The van der Waals surface area contributed by atoms with Gasteiger partial charge in [0.05, 0.1) is 0 Å². The maximum atomic E-state index is 7.84. The van der Waals surface area contributed by atoms with E-state index in [0.29, 0.717) is 11.1 Å². The van der Waals surface area contributed by atoms with Crippen molar-refractivity contribution in [3.8, 4) is 11.3 Å². The Hall–Kier alpha value is -1.63. The maximum absolute atomic E-state index is 7.84. The fraction of sp³-hybridized carbons (Fsp3) is 0.421. The number of benzene rings is 1. The van der Waals surface area contributed by atoms with Gasteiger partial charge < -0.3 is 0 Å². The molecule has 0 saturated heterocycles. The molecule has 0 aliphatic carbocycles. The molecule has 0 bridgehead atoms. The van der Waals surface area contributed by atoms with Crippen LogP contribution in [0, 0.1) is 20.7 Å². The van der Waals surface area contributed by atoms with Crippen molar-refractivity contribution in [3.63, 3.8) is 0 Å². The number of aromatic nitrogens is 1. The van der Waals surface area contributed by atoms with E-state index in [1.807, 2.05) is 36.9 Å². The summed E-state index contributed by atoms with van der Waals surface area (Å²) >= 11 is 0. The minimum absolute atomic E-state index is 0.189. The molecule has 20 heavy (non-hydrogen) atoms. The quantitative estimate of drug-likeness (QED) is 0.678. The largest absolute Gasteiger partial charge is 0.212 e. The number of hydrogen-bond donors (Lipinski definition) is 0. The third-order valence-corrected chi connectivity index (χ3v) is 3.62. The highest BCUT2D eigenvalue weighted by molar-refractivity contribution is 5.62. The van der Waals surface area contributed by atoms with Gasteiger partial charge in [-0.1, -0.05) is 38.5 Å². The molecule has 1 aromatic carbocycles.